The third-order valence-corrected chi connectivity index (χ3v) is 20.0. The summed E-state index contributed by atoms with van der Waals surface area (Å²) < 4.78 is 0. The quantitative estimate of drug-likeness (QED) is 0.142. The maximum Gasteiger partial charge on any atom is -0.00107 e. The van der Waals surface area contributed by atoms with Gasteiger partial charge < -0.3 is 0 Å². The van der Waals surface area contributed by atoms with Crippen LogP contribution in [0.25, 0.3) is 66.8 Å². The van der Waals surface area contributed by atoms with Gasteiger partial charge in [-0.2, -0.15) is 0 Å². The molecule has 0 spiro atoms. The Morgan fingerprint density at radius 2 is 0.377 bits per heavy atom. The van der Waals surface area contributed by atoms with Crippen LogP contribution in [-0.4, -0.2) is 0 Å². The number of hydrogen-bond donors (Lipinski definition) is 0. The number of benzene rings is 12. The molecule has 0 amide bonds. The molecule has 0 heteroatoms. The molecule has 0 aromatic heterocycles. The molecule has 0 saturated carbocycles. The highest BCUT2D eigenvalue weighted by Gasteiger charge is 2.26. The largest absolute Gasteiger partial charge is 0.0683 e. The molecule has 12 aromatic carbocycles. The Hall–Kier alpha value is -9.36. The molecule has 114 heavy (non-hydrogen) atoms. The molecule has 0 radical (unpaired) electrons. The van der Waals surface area contributed by atoms with Crippen LogP contribution in [0, 0.1) is 83.1 Å². The number of rotatable bonds is 0. The summed E-state index contributed by atoms with van der Waals surface area (Å²) in [6.07, 6.45) is 6.65. The molecule has 0 unspecified atom stereocenters. The van der Waals surface area contributed by atoms with Gasteiger partial charge in [0.2, 0.25) is 0 Å². The summed E-state index contributed by atoms with van der Waals surface area (Å²) in [5.41, 5.74) is 52.2. The standard InChI is InChI=1S/6C15H14.12C2H6/c1-10-5-4-8-13-14(10)9-12-7-3-6-11(2)15(12)13;1-10-6-7-14-13(8-10)9-12-5-3-4-11(2)15(12)14;2*1-10-7-11(2)15-13(8-10)9-12-5-3-4-6-14(12)15;2*1-10-7-8-11(2)15-13-6-4-3-5-12(13)9-14(10)15;12*1-2/h6*3-8H,9H2,1-2H3;12*1-2H3. The minimum atomic E-state index is 1.11. The number of hydrogen-bond acceptors (Lipinski definition) is 0. The lowest BCUT2D eigenvalue weighted by molar-refractivity contribution is 1.21. The van der Waals surface area contributed by atoms with Crippen molar-refractivity contribution in [2.24, 2.45) is 0 Å². The van der Waals surface area contributed by atoms with Crippen molar-refractivity contribution in [2.45, 2.75) is 288 Å². The van der Waals surface area contributed by atoms with E-state index < -0.39 is 0 Å². The van der Waals surface area contributed by atoms with Crippen LogP contribution in [0.15, 0.2) is 218 Å². The highest BCUT2D eigenvalue weighted by atomic mass is 14.3. The fraction of sp³-hybridized carbons (Fsp3) is 0.368. The second-order valence-electron chi connectivity index (χ2n) is 26.5. The van der Waals surface area contributed by atoms with Crippen LogP contribution in [0.1, 0.15) is 300 Å². The normalized spacial score (nSPS) is 10.4. The molecule has 6 aliphatic carbocycles. The molecule has 0 N–H and O–H groups in total. The predicted molar refractivity (Wildman–Crippen MR) is 521 cm³/mol. The summed E-state index contributed by atoms with van der Waals surface area (Å²) >= 11 is 0. The van der Waals surface area contributed by atoms with Crippen LogP contribution in [0.5, 0.6) is 0 Å². The van der Waals surface area contributed by atoms with Crippen LogP contribution < -0.4 is 0 Å². The van der Waals surface area contributed by atoms with Crippen molar-refractivity contribution < 1.29 is 0 Å². The molecule has 0 fully saturated rings. The molecule has 12 aromatic rings. The monoisotopic (exact) mass is 1530 g/mol. The summed E-state index contributed by atoms with van der Waals surface area (Å²) in [6, 6.07) is 79.8. The van der Waals surface area contributed by atoms with E-state index in [0.717, 1.165) is 38.5 Å². The third-order valence-electron chi connectivity index (χ3n) is 20.0. The van der Waals surface area contributed by atoms with Gasteiger partial charge >= 0.3 is 0 Å². The van der Waals surface area contributed by atoms with Crippen molar-refractivity contribution >= 4 is 0 Å². The van der Waals surface area contributed by atoms with E-state index in [9.17, 15) is 0 Å². The summed E-state index contributed by atoms with van der Waals surface area (Å²) in [5, 5.41) is 0. The maximum absolute atomic E-state index is 2.32. The first-order chi connectivity index (χ1) is 55.6. The van der Waals surface area contributed by atoms with Gasteiger partial charge in [0.05, 0.1) is 0 Å². The second kappa shape index (κ2) is 55.2. The molecule has 0 heterocycles. The Morgan fingerprint density at radius 3 is 0.763 bits per heavy atom. The Labute approximate surface area is 701 Å². The minimum Gasteiger partial charge on any atom is -0.0683 e. The van der Waals surface area contributed by atoms with Gasteiger partial charge in [-0.05, 0) is 305 Å². The van der Waals surface area contributed by atoms with Gasteiger partial charge in [-0.1, -0.05) is 401 Å². The smallest absolute Gasteiger partial charge is 0.00107 e. The zero-order valence-corrected chi connectivity index (χ0v) is 79.0. The van der Waals surface area contributed by atoms with Gasteiger partial charge in [-0.3, -0.25) is 0 Å². The SMILES string of the molecule is CC.CC.CC.CC.CC.CC.CC.CC.CC.CC.CC.CC.Cc1cc(C)c2c(c1)Cc1ccccc1-2.Cc1cc(C)c2c(c1)Cc1ccccc1-2.Cc1ccc(C)c2c1Cc1ccccc1-2.Cc1ccc(C)c2c1Cc1ccccc1-2.Cc1ccc2c(c1)Cc1cccc(C)c1-2.Cc1cccc2c1Cc1cccc(C)c1-2. The molecule has 612 valence electrons. The molecule has 0 nitrogen and oxygen atoms in total. The van der Waals surface area contributed by atoms with Crippen molar-refractivity contribution in [3.05, 3.63) is 352 Å². The fourth-order valence-corrected chi connectivity index (χ4v) is 15.8. The Kier molecular flexibility index (Phi) is 49.7. The summed E-state index contributed by atoms with van der Waals surface area (Å²) in [4.78, 5) is 0. The van der Waals surface area contributed by atoms with Crippen molar-refractivity contribution in [2.75, 3.05) is 0 Å². The lowest BCUT2D eigenvalue weighted by atomic mass is 9.97. The number of fused-ring (bicyclic) bond motifs is 18. The van der Waals surface area contributed by atoms with Gasteiger partial charge in [0.15, 0.2) is 0 Å². The van der Waals surface area contributed by atoms with Crippen molar-refractivity contribution in [1.29, 1.82) is 0 Å². The first kappa shape index (κ1) is 103. The highest BCUT2D eigenvalue weighted by Crippen LogP contribution is 2.45. The zero-order chi connectivity index (χ0) is 86.5. The lowest BCUT2D eigenvalue weighted by Crippen LogP contribution is -1.88. The first-order valence-corrected chi connectivity index (χ1v) is 44.7. The summed E-state index contributed by atoms with van der Waals surface area (Å²) in [7, 11) is 0. The van der Waals surface area contributed by atoms with Crippen molar-refractivity contribution in [3.63, 3.8) is 0 Å². The van der Waals surface area contributed by atoms with Crippen LogP contribution >= 0.6 is 0 Å². The number of aryl methyl sites for hydroxylation is 12. The zero-order valence-electron chi connectivity index (χ0n) is 79.0. The lowest BCUT2D eigenvalue weighted by Gasteiger charge is -2.07. The van der Waals surface area contributed by atoms with E-state index in [0.29, 0.717) is 0 Å². The van der Waals surface area contributed by atoms with Crippen molar-refractivity contribution in [1.82, 2.24) is 0 Å². The molecule has 6 aliphatic rings. The Morgan fingerprint density at radius 1 is 0.140 bits per heavy atom. The van der Waals surface area contributed by atoms with Gasteiger partial charge in [0.25, 0.3) is 0 Å². The van der Waals surface area contributed by atoms with E-state index in [1.54, 1.807) is 0 Å². The molecule has 0 bridgehead atoms. The van der Waals surface area contributed by atoms with E-state index >= 15 is 0 Å². The minimum absolute atomic E-state index is 1.11. The maximum atomic E-state index is 2.32. The van der Waals surface area contributed by atoms with Crippen LogP contribution in [-0.2, 0) is 38.5 Å². The van der Waals surface area contributed by atoms with Crippen LogP contribution in [0.3, 0.4) is 0 Å². The summed E-state index contributed by atoms with van der Waals surface area (Å²) in [6.45, 7) is 74.4. The van der Waals surface area contributed by atoms with Gasteiger partial charge in [-0.15, -0.1) is 0 Å². The molecule has 18 rings (SSSR count). The van der Waals surface area contributed by atoms with E-state index in [1.165, 1.54) is 200 Å². The molecule has 0 atom stereocenters. The average Bonchev–Trinajstić information content (AvgIpc) is 1.65. The van der Waals surface area contributed by atoms with E-state index in [1.807, 2.05) is 166 Å². The molecule has 0 aliphatic heterocycles. The highest BCUT2D eigenvalue weighted by molar-refractivity contribution is 5.85. The molecular formula is C114H156. The van der Waals surface area contributed by atoms with Crippen LogP contribution in [0.4, 0.5) is 0 Å². The Bertz CT molecular complexity index is 4580. The first-order valence-electron chi connectivity index (χ1n) is 44.7. The second-order valence-corrected chi connectivity index (χ2v) is 26.5. The van der Waals surface area contributed by atoms with Crippen LogP contribution in [0.2, 0.25) is 0 Å². The molecular weight excluding hydrogens is 1370 g/mol. The topological polar surface area (TPSA) is 0 Å². The van der Waals surface area contributed by atoms with Gasteiger partial charge in [0, 0.05) is 0 Å². The Balaban J connectivity index is 0.000000648. The van der Waals surface area contributed by atoms with E-state index in [2.05, 4.69) is 301 Å². The summed E-state index contributed by atoms with van der Waals surface area (Å²) in [5.74, 6) is 0. The van der Waals surface area contributed by atoms with Gasteiger partial charge in [-0.25, -0.2) is 0 Å². The van der Waals surface area contributed by atoms with E-state index in [-0.39, 0.29) is 0 Å². The van der Waals surface area contributed by atoms with E-state index in [4.69, 9.17) is 0 Å². The fourth-order valence-electron chi connectivity index (χ4n) is 15.8. The predicted octanol–water partition coefficient (Wildman–Crippen LogP) is 35.6. The average molecular weight is 1530 g/mol. The molecule has 0 saturated heterocycles. The third kappa shape index (κ3) is 25.6. The van der Waals surface area contributed by atoms with Crippen molar-refractivity contribution in [3.8, 4) is 66.8 Å². The van der Waals surface area contributed by atoms with Gasteiger partial charge in [0.1, 0.15) is 0 Å².